The van der Waals surface area contributed by atoms with E-state index >= 15 is 0 Å². The van der Waals surface area contributed by atoms with Gasteiger partial charge in [0.25, 0.3) is 5.91 Å². The first-order valence-corrected chi connectivity index (χ1v) is 8.45. The number of hydrogen-bond acceptors (Lipinski definition) is 3. The Balaban J connectivity index is 1.57. The molecule has 4 aromatic rings. The smallest absolute Gasteiger partial charge is 0.258 e. The lowest BCUT2D eigenvalue weighted by Gasteiger charge is -2.09. The van der Waals surface area contributed by atoms with Gasteiger partial charge < -0.3 is 5.32 Å². The lowest BCUT2D eigenvalue weighted by molar-refractivity contribution is 0.102. The van der Waals surface area contributed by atoms with Crippen molar-refractivity contribution in [2.24, 2.45) is 0 Å². The molecule has 4 nitrogen and oxygen atoms in total. The SMILES string of the molecule is O=C(Nc1cccc2ccccc12)c1cnc(-c2ccc(Cl)cc2)nc1. The Hall–Kier alpha value is -3.24. The first kappa shape index (κ1) is 16.2. The zero-order chi connectivity index (χ0) is 17.9. The van der Waals surface area contributed by atoms with E-state index in [4.69, 9.17) is 11.6 Å². The summed E-state index contributed by atoms with van der Waals surface area (Å²) in [6, 6.07) is 20.9. The second kappa shape index (κ2) is 6.94. The van der Waals surface area contributed by atoms with Crippen LogP contribution in [-0.4, -0.2) is 15.9 Å². The van der Waals surface area contributed by atoms with Gasteiger partial charge in [-0.15, -0.1) is 0 Å². The van der Waals surface area contributed by atoms with E-state index in [0.717, 1.165) is 22.0 Å². The van der Waals surface area contributed by atoms with Crippen LogP contribution in [0.2, 0.25) is 5.02 Å². The zero-order valence-electron chi connectivity index (χ0n) is 13.7. The van der Waals surface area contributed by atoms with E-state index < -0.39 is 0 Å². The Morgan fingerprint density at radius 3 is 2.31 bits per heavy atom. The van der Waals surface area contributed by atoms with Gasteiger partial charge >= 0.3 is 0 Å². The molecule has 0 unspecified atom stereocenters. The molecule has 0 atom stereocenters. The largest absolute Gasteiger partial charge is 0.321 e. The predicted octanol–water partition coefficient (Wildman–Crippen LogP) is 5.20. The van der Waals surface area contributed by atoms with Crippen LogP contribution in [0.25, 0.3) is 22.2 Å². The maximum atomic E-state index is 12.5. The van der Waals surface area contributed by atoms with Crippen molar-refractivity contribution in [3.05, 3.63) is 89.7 Å². The van der Waals surface area contributed by atoms with Gasteiger partial charge in [-0.3, -0.25) is 4.79 Å². The molecule has 126 valence electrons. The molecule has 0 spiro atoms. The number of hydrogen-bond donors (Lipinski definition) is 1. The maximum Gasteiger partial charge on any atom is 0.258 e. The first-order chi connectivity index (χ1) is 12.7. The molecular weight excluding hydrogens is 346 g/mol. The second-order valence-corrected chi connectivity index (χ2v) is 6.22. The fraction of sp³-hybridized carbons (Fsp3) is 0. The highest BCUT2D eigenvalue weighted by Gasteiger charge is 2.10. The molecule has 1 heterocycles. The fourth-order valence-corrected chi connectivity index (χ4v) is 2.85. The summed E-state index contributed by atoms with van der Waals surface area (Å²) in [6.07, 6.45) is 3.05. The summed E-state index contributed by atoms with van der Waals surface area (Å²) >= 11 is 5.89. The number of nitrogens with zero attached hydrogens (tertiary/aromatic N) is 2. The van der Waals surface area contributed by atoms with Crippen LogP contribution in [0, 0.1) is 0 Å². The monoisotopic (exact) mass is 359 g/mol. The minimum atomic E-state index is -0.246. The van der Waals surface area contributed by atoms with Gasteiger partial charge in [0.2, 0.25) is 0 Å². The Morgan fingerprint density at radius 1 is 0.846 bits per heavy atom. The van der Waals surface area contributed by atoms with Gasteiger partial charge in [-0.25, -0.2) is 9.97 Å². The highest BCUT2D eigenvalue weighted by molar-refractivity contribution is 6.30. The van der Waals surface area contributed by atoms with E-state index in [0.29, 0.717) is 16.4 Å². The van der Waals surface area contributed by atoms with Crippen molar-refractivity contribution >= 4 is 34.0 Å². The number of amides is 1. The molecule has 0 aliphatic rings. The van der Waals surface area contributed by atoms with Crippen molar-refractivity contribution < 1.29 is 4.79 Å². The van der Waals surface area contributed by atoms with Crippen LogP contribution in [0.15, 0.2) is 79.1 Å². The molecule has 0 aliphatic heterocycles. The standard InChI is InChI=1S/C21H14ClN3O/c22-17-10-8-15(9-11-17)20-23-12-16(13-24-20)21(26)25-19-7-3-5-14-4-1-2-6-18(14)19/h1-13H,(H,25,26). The van der Waals surface area contributed by atoms with Gasteiger partial charge in [-0.2, -0.15) is 0 Å². The summed E-state index contributed by atoms with van der Waals surface area (Å²) in [6.45, 7) is 0. The number of halogens is 1. The summed E-state index contributed by atoms with van der Waals surface area (Å²) < 4.78 is 0. The first-order valence-electron chi connectivity index (χ1n) is 8.08. The Morgan fingerprint density at radius 2 is 1.54 bits per heavy atom. The highest BCUT2D eigenvalue weighted by Crippen LogP contribution is 2.23. The average Bonchev–Trinajstić information content (AvgIpc) is 2.69. The Labute approximate surface area is 155 Å². The third-order valence-corrected chi connectivity index (χ3v) is 4.31. The van der Waals surface area contributed by atoms with Crippen molar-refractivity contribution in [2.75, 3.05) is 5.32 Å². The van der Waals surface area contributed by atoms with Gasteiger partial charge in [0.05, 0.1) is 5.56 Å². The lowest BCUT2D eigenvalue weighted by atomic mass is 10.1. The van der Waals surface area contributed by atoms with E-state index in [1.165, 1.54) is 12.4 Å². The number of carbonyl (C=O) groups is 1. The summed E-state index contributed by atoms with van der Waals surface area (Å²) in [5, 5.41) is 5.64. The van der Waals surface area contributed by atoms with Crippen LogP contribution in [-0.2, 0) is 0 Å². The fourth-order valence-electron chi connectivity index (χ4n) is 2.72. The van der Waals surface area contributed by atoms with E-state index in [-0.39, 0.29) is 5.91 Å². The molecule has 0 aliphatic carbocycles. The number of aromatic nitrogens is 2. The van der Waals surface area contributed by atoms with Crippen molar-refractivity contribution in [2.45, 2.75) is 0 Å². The Bertz CT molecular complexity index is 1070. The third-order valence-electron chi connectivity index (χ3n) is 4.05. The summed E-state index contributed by atoms with van der Waals surface area (Å²) in [7, 11) is 0. The van der Waals surface area contributed by atoms with Crippen LogP contribution >= 0.6 is 11.6 Å². The maximum absolute atomic E-state index is 12.5. The number of fused-ring (bicyclic) bond motifs is 1. The zero-order valence-corrected chi connectivity index (χ0v) is 14.4. The van der Waals surface area contributed by atoms with Crippen LogP contribution in [0.1, 0.15) is 10.4 Å². The van der Waals surface area contributed by atoms with E-state index in [1.54, 1.807) is 12.1 Å². The molecular formula is C21H14ClN3O. The van der Waals surface area contributed by atoms with Crippen molar-refractivity contribution in [1.29, 1.82) is 0 Å². The number of rotatable bonds is 3. The molecule has 1 N–H and O–H groups in total. The van der Waals surface area contributed by atoms with E-state index in [9.17, 15) is 4.79 Å². The topological polar surface area (TPSA) is 54.9 Å². The van der Waals surface area contributed by atoms with Gasteiger partial charge in [0, 0.05) is 34.1 Å². The summed E-state index contributed by atoms with van der Waals surface area (Å²) in [5.41, 5.74) is 2.00. The summed E-state index contributed by atoms with van der Waals surface area (Å²) in [5.74, 6) is 0.299. The van der Waals surface area contributed by atoms with Crippen LogP contribution in [0.4, 0.5) is 5.69 Å². The highest BCUT2D eigenvalue weighted by atomic mass is 35.5. The molecule has 0 radical (unpaired) electrons. The number of carbonyl (C=O) groups excluding carboxylic acids is 1. The Kier molecular flexibility index (Phi) is 4.33. The number of benzene rings is 3. The predicted molar refractivity (Wildman–Crippen MR) is 104 cm³/mol. The van der Waals surface area contributed by atoms with Crippen LogP contribution in [0.5, 0.6) is 0 Å². The molecule has 0 bridgehead atoms. The normalized spacial score (nSPS) is 10.7. The molecule has 0 saturated heterocycles. The lowest BCUT2D eigenvalue weighted by Crippen LogP contribution is -2.13. The van der Waals surface area contributed by atoms with Crippen molar-refractivity contribution in [1.82, 2.24) is 9.97 Å². The molecule has 5 heteroatoms. The minimum Gasteiger partial charge on any atom is -0.321 e. The van der Waals surface area contributed by atoms with E-state index in [1.807, 2.05) is 54.6 Å². The van der Waals surface area contributed by atoms with Gasteiger partial charge in [0.15, 0.2) is 5.82 Å². The molecule has 4 rings (SSSR count). The van der Waals surface area contributed by atoms with Gasteiger partial charge in [0.1, 0.15) is 0 Å². The van der Waals surface area contributed by atoms with Crippen molar-refractivity contribution in [3.8, 4) is 11.4 Å². The average molecular weight is 360 g/mol. The molecule has 0 fully saturated rings. The minimum absolute atomic E-state index is 0.246. The molecule has 1 aromatic heterocycles. The summed E-state index contributed by atoms with van der Waals surface area (Å²) in [4.78, 5) is 21.1. The number of nitrogens with one attached hydrogen (secondary N) is 1. The number of anilines is 1. The van der Waals surface area contributed by atoms with Crippen molar-refractivity contribution in [3.63, 3.8) is 0 Å². The van der Waals surface area contributed by atoms with Crippen LogP contribution < -0.4 is 5.32 Å². The van der Waals surface area contributed by atoms with E-state index in [2.05, 4.69) is 15.3 Å². The van der Waals surface area contributed by atoms with Gasteiger partial charge in [-0.05, 0) is 35.7 Å². The van der Waals surface area contributed by atoms with Gasteiger partial charge in [-0.1, -0.05) is 48.0 Å². The van der Waals surface area contributed by atoms with Crippen LogP contribution in [0.3, 0.4) is 0 Å². The quantitative estimate of drug-likeness (QED) is 0.546. The molecule has 26 heavy (non-hydrogen) atoms. The third kappa shape index (κ3) is 3.27. The second-order valence-electron chi connectivity index (χ2n) is 5.78. The molecule has 3 aromatic carbocycles. The molecule has 0 saturated carbocycles. The molecule has 1 amide bonds.